The monoisotopic (exact) mass is 523 g/mol. The van der Waals surface area contributed by atoms with Crippen molar-refractivity contribution in [2.75, 3.05) is 13.1 Å². The maximum atomic E-state index is 14.1. The fourth-order valence-corrected chi connectivity index (χ4v) is 7.39. The summed E-state index contributed by atoms with van der Waals surface area (Å²) in [6.45, 7) is 9.66. The summed E-state index contributed by atoms with van der Waals surface area (Å²) in [5.41, 5.74) is 2.98. The molecule has 39 heavy (non-hydrogen) atoms. The van der Waals surface area contributed by atoms with Crippen molar-refractivity contribution in [2.24, 2.45) is 17.8 Å². The number of amides is 1. The van der Waals surface area contributed by atoms with E-state index in [0.29, 0.717) is 24.4 Å². The molecule has 4 aliphatic rings. The van der Waals surface area contributed by atoms with Gasteiger partial charge in [0.15, 0.2) is 0 Å². The second-order valence-corrected chi connectivity index (χ2v) is 12.7. The number of ether oxygens (including phenoxy) is 1. The van der Waals surface area contributed by atoms with Crippen LogP contribution in [0.15, 0.2) is 84.9 Å². The third-order valence-electron chi connectivity index (χ3n) is 8.95. The first-order chi connectivity index (χ1) is 18.8. The van der Waals surface area contributed by atoms with Gasteiger partial charge in [-0.05, 0) is 74.3 Å². The number of carbonyl (C=O) groups excluding carboxylic acids is 1. The Bertz CT molecular complexity index is 1270. The lowest BCUT2D eigenvalue weighted by molar-refractivity contribution is -0.138. The van der Waals surface area contributed by atoms with Gasteiger partial charge in [-0.25, -0.2) is 0 Å². The van der Waals surface area contributed by atoms with E-state index >= 15 is 0 Å². The molecule has 7 rings (SSSR count). The molecule has 5 nitrogen and oxygen atoms in total. The highest BCUT2D eigenvalue weighted by Crippen LogP contribution is 2.53. The number of nitrogens with one attached hydrogen (secondary N) is 2. The predicted molar refractivity (Wildman–Crippen MR) is 155 cm³/mol. The lowest BCUT2D eigenvalue weighted by Crippen LogP contribution is -2.74. The average molecular weight is 524 g/mol. The molecule has 1 amide bonds. The molecule has 3 aliphatic heterocycles. The summed E-state index contributed by atoms with van der Waals surface area (Å²) in [6.07, 6.45) is 1.80. The molecule has 0 spiro atoms. The van der Waals surface area contributed by atoms with E-state index in [0.717, 1.165) is 43.8 Å². The summed E-state index contributed by atoms with van der Waals surface area (Å²) in [4.78, 5) is 16.8. The quantitative estimate of drug-likeness (QED) is 0.426. The fourth-order valence-electron chi connectivity index (χ4n) is 7.39. The van der Waals surface area contributed by atoms with E-state index in [-0.39, 0.29) is 17.4 Å². The molecular formula is C34H41N3O2. The molecule has 0 radical (unpaired) electrons. The largest absolute Gasteiger partial charge is 0.488 e. The van der Waals surface area contributed by atoms with Gasteiger partial charge >= 0.3 is 0 Å². The Morgan fingerprint density at radius 1 is 0.949 bits per heavy atom. The number of carbonyl (C=O) groups is 1. The molecule has 3 saturated heterocycles. The van der Waals surface area contributed by atoms with Crippen LogP contribution in [0.1, 0.15) is 43.9 Å². The van der Waals surface area contributed by atoms with Gasteiger partial charge in [0.1, 0.15) is 16.9 Å². The lowest BCUT2D eigenvalue weighted by Gasteiger charge is -2.56. The first-order valence-corrected chi connectivity index (χ1v) is 14.4. The zero-order valence-electron chi connectivity index (χ0n) is 23.4. The van der Waals surface area contributed by atoms with Crippen LogP contribution in [0.2, 0.25) is 0 Å². The highest BCUT2D eigenvalue weighted by molar-refractivity contribution is 5.87. The topological polar surface area (TPSA) is 53.6 Å². The molecule has 4 fully saturated rings. The number of hydrogen-bond donors (Lipinski definition) is 2. The molecule has 1 saturated carbocycles. The summed E-state index contributed by atoms with van der Waals surface area (Å²) in [5.74, 6) is 2.38. The Morgan fingerprint density at radius 3 is 2.28 bits per heavy atom. The minimum Gasteiger partial charge on any atom is -0.488 e. The highest BCUT2D eigenvalue weighted by atomic mass is 16.5. The minimum atomic E-state index is -0.548. The van der Waals surface area contributed by atoms with Crippen LogP contribution in [0.5, 0.6) is 5.75 Å². The smallest absolute Gasteiger partial charge is 0.240 e. The predicted octanol–water partition coefficient (Wildman–Crippen LogP) is 5.20. The third-order valence-corrected chi connectivity index (χ3v) is 8.95. The zero-order valence-corrected chi connectivity index (χ0v) is 23.4. The Hall–Kier alpha value is -3.15. The van der Waals surface area contributed by atoms with E-state index in [1.165, 1.54) is 11.1 Å². The lowest BCUT2D eigenvalue weighted by atomic mass is 9.58. The summed E-state index contributed by atoms with van der Waals surface area (Å²) < 4.78 is 6.05. The Labute approximate surface area is 233 Å². The van der Waals surface area contributed by atoms with E-state index < -0.39 is 5.54 Å². The number of fused-ring (bicyclic) bond motifs is 1. The van der Waals surface area contributed by atoms with Gasteiger partial charge in [-0.15, -0.1) is 0 Å². The normalized spacial score (nSPS) is 27.9. The van der Waals surface area contributed by atoms with Gasteiger partial charge in [0, 0.05) is 38.1 Å². The van der Waals surface area contributed by atoms with Crippen LogP contribution in [0.3, 0.4) is 0 Å². The fraction of sp³-hybridized carbons (Fsp3) is 0.441. The van der Waals surface area contributed by atoms with Gasteiger partial charge in [0.05, 0.1) is 0 Å². The molecule has 1 aliphatic carbocycles. The molecule has 3 aromatic carbocycles. The molecule has 5 atom stereocenters. The number of piperidine rings is 2. The van der Waals surface area contributed by atoms with Crippen LogP contribution >= 0.6 is 0 Å². The van der Waals surface area contributed by atoms with Crippen molar-refractivity contribution in [3.63, 3.8) is 0 Å². The van der Waals surface area contributed by atoms with Crippen molar-refractivity contribution in [1.82, 2.24) is 15.5 Å². The van der Waals surface area contributed by atoms with Crippen molar-refractivity contribution < 1.29 is 9.53 Å². The summed E-state index contributed by atoms with van der Waals surface area (Å²) in [6, 6.07) is 29.9. The standard InChI is InChI=1S/C34H41N3O2/c1-33(2,3)39-28-16-14-26(15-17-28)22-37-23-27-19-34(32(38)35-20-25-12-8-5-9-13-25)30(31(37)29(27)21-36-34)18-24-10-6-4-7-11-24/h4-17,27,29-31,36H,18-23H2,1-3H3,(H,35,38). The second-order valence-electron chi connectivity index (χ2n) is 12.7. The van der Waals surface area contributed by atoms with Crippen LogP contribution in [-0.4, -0.2) is 41.1 Å². The SMILES string of the molecule is CC(C)(C)Oc1ccc(CN2CC3CC4(C(=O)NCc5ccccc5)NCC3C2C4Cc2ccccc2)cc1. The number of hydrogen-bond acceptors (Lipinski definition) is 4. The first kappa shape index (κ1) is 26.1. The van der Waals surface area contributed by atoms with Crippen molar-refractivity contribution >= 4 is 5.91 Å². The Kier molecular flexibility index (Phi) is 6.98. The van der Waals surface area contributed by atoms with Crippen LogP contribution < -0.4 is 15.4 Å². The van der Waals surface area contributed by atoms with E-state index in [9.17, 15) is 4.79 Å². The van der Waals surface area contributed by atoms with Gasteiger partial charge < -0.3 is 15.4 Å². The highest BCUT2D eigenvalue weighted by Gasteiger charge is 2.64. The minimum absolute atomic E-state index is 0.158. The second kappa shape index (κ2) is 10.4. The summed E-state index contributed by atoms with van der Waals surface area (Å²) in [5, 5.41) is 7.12. The molecular weight excluding hydrogens is 482 g/mol. The van der Waals surface area contributed by atoms with E-state index in [4.69, 9.17) is 4.74 Å². The van der Waals surface area contributed by atoms with E-state index in [2.05, 4.69) is 103 Å². The molecule has 204 valence electrons. The molecule has 3 heterocycles. The average Bonchev–Trinajstić information content (AvgIpc) is 3.23. The number of rotatable bonds is 8. The van der Waals surface area contributed by atoms with Crippen molar-refractivity contribution in [2.45, 2.75) is 63.9 Å². The Morgan fingerprint density at radius 2 is 1.62 bits per heavy atom. The van der Waals surface area contributed by atoms with E-state index in [1.807, 2.05) is 18.2 Å². The number of nitrogens with zero attached hydrogens (tertiary/aromatic N) is 1. The zero-order chi connectivity index (χ0) is 27.0. The van der Waals surface area contributed by atoms with Crippen molar-refractivity contribution in [1.29, 1.82) is 0 Å². The molecule has 5 heteroatoms. The molecule has 5 unspecified atom stereocenters. The van der Waals surface area contributed by atoms with Crippen LogP contribution in [0.4, 0.5) is 0 Å². The van der Waals surface area contributed by atoms with E-state index in [1.54, 1.807) is 0 Å². The summed E-state index contributed by atoms with van der Waals surface area (Å²) in [7, 11) is 0. The molecule has 0 aromatic heterocycles. The van der Waals surface area contributed by atoms with Gasteiger partial charge in [0.2, 0.25) is 5.91 Å². The van der Waals surface area contributed by atoms with Crippen LogP contribution in [-0.2, 0) is 24.3 Å². The Balaban J connectivity index is 1.26. The number of benzene rings is 3. The summed E-state index contributed by atoms with van der Waals surface area (Å²) >= 11 is 0. The molecule has 4 bridgehead atoms. The van der Waals surface area contributed by atoms with Gasteiger partial charge in [-0.1, -0.05) is 72.8 Å². The van der Waals surface area contributed by atoms with Crippen molar-refractivity contribution in [3.8, 4) is 5.75 Å². The maximum Gasteiger partial charge on any atom is 0.240 e. The van der Waals surface area contributed by atoms with Gasteiger partial charge in [-0.3, -0.25) is 9.69 Å². The third kappa shape index (κ3) is 5.35. The van der Waals surface area contributed by atoms with Crippen LogP contribution in [0, 0.1) is 17.8 Å². The molecule has 3 aromatic rings. The maximum absolute atomic E-state index is 14.1. The molecule has 2 N–H and O–H groups in total. The van der Waals surface area contributed by atoms with Gasteiger partial charge in [0.25, 0.3) is 0 Å². The van der Waals surface area contributed by atoms with Crippen LogP contribution in [0.25, 0.3) is 0 Å². The first-order valence-electron chi connectivity index (χ1n) is 14.4. The van der Waals surface area contributed by atoms with Gasteiger partial charge in [-0.2, -0.15) is 0 Å². The number of likely N-dealkylation sites (tertiary alicyclic amines) is 1. The van der Waals surface area contributed by atoms with Crippen molar-refractivity contribution in [3.05, 3.63) is 102 Å².